The Hall–Kier alpha value is -8.72. The van der Waals surface area contributed by atoms with Crippen LogP contribution in [0.15, 0.2) is 255 Å². The molecule has 3 atom stereocenters. The first-order valence-corrected chi connectivity index (χ1v) is 27.4. The third-order valence-electron chi connectivity index (χ3n) is 18.1. The van der Waals surface area contributed by atoms with Crippen LogP contribution in [-0.2, 0) is 23.7 Å². The number of nitrogens with zero attached hydrogens (tertiary/aromatic N) is 2. The van der Waals surface area contributed by atoms with Gasteiger partial charge in [0.25, 0.3) is 0 Å². The molecule has 0 heterocycles. The quantitative estimate of drug-likeness (QED) is 0.142. The van der Waals surface area contributed by atoms with E-state index in [4.69, 9.17) is 0 Å². The van der Waals surface area contributed by atoms with Crippen molar-refractivity contribution in [2.24, 2.45) is 11.8 Å². The van der Waals surface area contributed by atoms with E-state index in [-0.39, 0.29) is 10.8 Å². The Morgan fingerprint density at radius 1 is 0.329 bits per heavy atom. The average Bonchev–Trinajstić information content (AvgIpc) is 4.36. The molecule has 11 aromatic carbocycles. The Balaban J connectivity index is 0.924. The van der Waals surface area contributed by atoms with Gasteiger partial charge >= 0.3 is 0 Å². The number of para-hydroxylation sites is 2. The van der Waals surface area contributed by atoms with Gasteiger partial charge in [0, 0.05) is 33.6 Å². The zero-order valence-electron chi connectivity index (χ0n) is 43.1. The van der Waals surface area contributed by atoms with Crippen molar-refractivity contribution in [3.63, 3.8) is 0 Å². The van der Waals surface area contributed by atoms with Crippen LogP contribution in [0.2, 0.25) is 0 Å². The molecule has 76 heavy (non-hydrogen) atoms. The Morgan fingerprint density at radius 3 is 1.34 bits per heavy atom. The fraction of sp³-hybridized carbons (Fsp3) is 0.135. The molecule has 2 nitrogen and oxygen atoms in total. The first kappa shape index (κ1) is 44.7. The normalized spacial score (nSPS) is 18.1. The predicted molar refractivity (Wildman–Crippen MR) is 318 cm³/mol. The molecule has 1 saturated carbocycles. The molecule has 0 N–H and O–H groups in total. The minimum Gasteiger partial charge on any atom is -0.310 e. The molecule has 3 unspecified atom stereocenters. The number of rotatable bonds is 9. The minimum absolute atomic E-state index is 0.153. The van der Waals surface area contributed by atoms with Gasteiger partial charge in [-0.3, -0.25) is 0 Å². The van der Waals surface area contributed by atoms with Crippen molar-refractivity contribution < 1.29 is 0 Å². The maximum Gasteiger partial charge on any atom is 0.0505 e. The molecule has 0 aromatic heterocycles. The summed E-state index contributed by atoms with van der Waals surface area (Å²) >= 11 is 0. The molecule has 0 saturated heterocycles. The average molecular weight is 975 g/mol. The zero-order valence-corrected chi connectivity index (χ0v) is 43.1. The molecule has 0 amide bonds. The summed E-state index contributed by atoms with van der Waals surface area (Å²) in [6, 6.07) is 95.9. The molecule has 11 aromatic rings. The highest BCUT2D eigenvalue weighted by molar-refractivity contribution is 5.97. The summed E-state index contributed by atoms with van der Waals surface area (Å²) in [5.41, 5.74) is 25.8. The lowest BCUT2D eigenvalue weighted by Crippen LogP contribution is -2.34. The summed E-state index contributed by atoms with van der Waals surface area (Å²) in [7, 11) is 0. The van der Waals surface area contributed by atoms with Crippen molar-refractivity contribution >= 4 is 44.9 Å². The van der Waals surface area contributed by atoms with Crippen LogP contribution in [0.25, 0.3) is 55.3 Å². The maximum absolute atomic E-state index is 2.64. The summed E-state index contributed by atoms with van der Waals surface area (Å²) in [6.07, 6.45) is 4.63. The molecule has 2 heteroatoms. The second-order valence-electron chi connectivity index (χ2n) is 22.3. The monoisotopic (exact) mass is 974 g/mol. The van der Waals surface area contributed by atoms with E-state index in [0.717, 1.165) is 18.5 Å². The first-order valence-electron chi connectivity index (χ1n) is 27.4. The fourth-order valence-electron chi connectivity index (χ4n) is 14.9. The van der Waals surface area contributed by atoms with Crippen molar-refractivity contribution in [3.8, 4) is 44.5 Å². The van der Waals surface area contributed by atoms with E-state index in [0.29, 0.717) is 11.8 Å². The van der Waals surface area contributed by atoms with Crippen LogP contribution in [0, 0.1) is 11.8 Å². The van der Waals surface area contributed by atoms with E-state index < -0.39 is 0 Å². The SMILES string of the molecule is CC1(C)c2ccccc2-c2ccc(N(c3ccc(-c4cc5ccccc5cc4-c4ccc(-c5ccccc5)cc4)cc3)c3cccc4c3C35c6c(cccc6N(c6ccccc6)c6ccccc6)CC3CCC5C4)cc21. The Morgan fingerprint density at radius 2 is 0.763 bits per heavy atom. The van der Waals surface area contributed by atoms with Gasteiger partial charge in [-0.25, -0.2) is 0 Å². The number of hydrogen-bond acceptors (Lipinski definition) is 2. The van der Waals surface area contributed by atoms with Crippen molar-refractivity contribution in [1.29, 1.82) is 0 Å². The second-order valence-corrected chi connectivity index (χ2v) is 22.3. The van der Waals surface area contributed by atoms with Crippen LogP contribution in [-0.4, -0.2) is 0 Å². The molecule has 4 aliphatic rings. The summed E-state index contributed by atoms with van der Waals surface area (Å²) < 4.78 is 0. The largest absolute Gasteiger partial charge is 0.310 e. The first-order chi connectivity index (χ1) is 37.4. The van der Waals surface area contributed by atoms with Crippen molar-refractivity contribution in [2.45, 2.75) is 50.4 Å². The highest BCUT2D eigenvalue weighted by Crippen LogP contribution is 2.69. The summed E-state index contributed by atoms with van der Waals surface area (Å²) in [5, 5.41) is 2.48. The number of hydrogen-bond donors (Lipinski definition) is 0. The predicted octanol–water partition coefficient (Wildman–Crippen LogP) is 19.5. The van der Waals surface area contributed by atoms with Gasteiger partial charge in [-0.2, -0.15) is 0 Å². The molecule has 0 bridgehead atoms. The van der Waals surface area contributed by atoms with Crippen LogP contribution in [0.3, 0.4) is 0 Å². The van der Waals surface area contributed by atoms with Crippen LogP contribution >= 0.6 is 0 Å². The van der Waals surface area contributed by atoms with Gasteiger partial charge < -0.3 is 9.80 Å². The molecule has 15 rings (SSSR count). The highest BCUT2D eigenvalue weighted by Gasteiger charge is 2.62. The van der Waals surface area contributed by atoms with E-state index in [1.165, 1.54) is 130 Å². The molecule has 4 aliphatic carbocycles. The Kier molecular flexibility index (Phi) is 10.3. The summed E-state index contributed by atoms with van der Waals surface area (Å²) in [4.78, 5) is 5.19. The summed E-state index contributed by atoms with van der Waals surface area (Å²) in [6.45, 7) is 4.82. The highest BCUT2D eigenvalue weighted by atomic mass is 15.2. The van der Waals surface area contributed by atoms with E-state index in [2.05, 4.69) is 278 Å². The van der Waals surface area contributed by atoms with Gasteiger partial charge in [0.15, 0.2) is 0 Å². The molecule has 1 fully saturated rings. The second kappa shape index (κ2) is 17.4. The minimum atomic E-state index is -0.167. The number of fused-ring (bicyclic) bond motifs is 6. The fourth-order valence-corrected chi connectivity index (χ4v) is 14.9. The third kappa shape index (κ3) is 6.79. The van der Waals surface area contributed by atoms with Gasteiger partial charge in [-0.05, 0) is 199 Å². The van der Waals surface area contributed by atoms with Crippen molar-refractivity contribution in [2.75, 3.05) is 9.80 Å². The van der Waals surface area contributed by atoms with Crippen LogP contribution in [0.4, 0.5) is 34.1 Å². The molecule has 1 spiro atoms. The molecule has 0 aliphatic heterocycles. The Labute approximate surface area is 447 Å². The Bertz CT molecular complexity index is 3980. The summed E-state index contributed by atoms with van der Waals surface area (Å²) in [5.74, 6) is 0.991. The standard InChI is InChI=1S/C74H58N2/c1-73(2)67-29-15-14-28-63(67)64-43-42-62(48-68(64)73)76(61-40-36-52(37-41-61)66-47-54-21-13-12-20-53(54)46-65(66)51-34-32-50(33-35-51)49-18-6-3-7-19-49)70-31-17-23-56-45-58-39-38-57-44-55-22-16-30-69(71(55)74(57,58)72(56)70)75(59-24-8-4-9-25-59)60-26-10-5-11-27-60/h3-37,40-43,46-48,57-58H,38-39,44-45H2,1-2H3. The molecule has 0 radical (unpaired) electrons. The number of benzene rings is 11. The van der Waals surface area contributed by atoms with Crippen molar-refractivity contribution in [1.82, 2.24) is 0 Å². The lowest BCUT2D eigenvalue weighted by molar-refractivity contribution is 0.350. The van der Waals surface area contributed by atoms with E-state index in [1.807, 2.05) is 0 Å². The van der Waals surface area contributed by atoms with Gasteiger partial charge in [-0.1, -0.05) is 196 Å². The van der Waals surface area contributed by atoms with E-state index in [1.54, 1.807) is 0 Å². The van der Waals surface area contributed by atoms with Crippen molar-refractivity contribution in [3.05, 3.63) is 288 Å². The van der Waals surface area contributed by atoms with Gasteiger partial charge in [-0.15, -0.1) is 0 Å². The van der Waals surface area contributed by atoms with E-state index in [9.17, 15) is 0 Å². The van der Waals surface area contributed by atoms with Crippen LogP contribution < -0.4 is 9.80 Å². The van der Waals surface area contributed by atoms with Gasteiger partial charge in [0.05, 0.1) is 11.4 Å². The lowest BCUT2D eigenvalue weighted by Gasteiger charge is -2.40. The lowest BCUT2D eigenvalue weighted by atomic mass is 9.68. The van der Waals surface area contributed by atoms with Crippen LogP contribution in [0.1, 0.15) is 60.1 Å². The molecule has 364 valence electrons. The topological polar surface area (TPSA) is 6.48 Å². The third-order valence-corrected chi connectivity index (χ3v) is 18.1. The molecular weight excluding hydrogens is 917 g/mol. The maximum atomic E-state index is 2.64. The molecular formula is C74H58N2. The smallest absolute Gasteiger partial charge is 0.0505 e. The van der Waals surface area contributed by atoms with Crippen LogP contribution in [0.5, 0.6) is 0 Å². The zero-order chi connectivity index (χ0) is 50.5. The van der Waals surface area contributed by atoms with Gasteiger partial charge in [0.1, 0.15) is 0 Å². The number of anilines is 6. The van der Waals surface area contributed by atoms with E-state index >= 15 is 0 Å². The van der Waals surface area contributed by atoms with Gasteiger partial charge in [0.2, 0.25) is 0 Å².